The highest BCUT2D eigenvalue weighted by Gasteiger charge is 2.17. The molecule has 2 rings (SSSR count). The van der Waals surface area contributed by atoms with Crippen LogP contribution in [0.15, 0.2) is 36.0 Å². The normalized spacial score (nSPS) is 12.5. The zero-order chi connectivity index (χ0) is 14.7. The summed E-state index contributed by atoms with van der Waals surface area (Å²) in [5.74, 6) is -1.34. The number of rotatable bonds is 6. The van der Waals surface area contributed by atoms with E-state index >= 15 is 0 Å². The van der Waals surface area contributed by atoms with E-state index in [9.17, 15) is 9.18 Å². The first-order chi connectivity index (χ1) is 9.52. The second-order valence-electron chi connectivity index (χ2n) is 4.45. The second-order valence-corrected chi connectivity index (χ2v) is 5.40. The van der Waals surface area contributed by atoms with Gasteiger partial charge < -0.3 is 9.67 Å². The number of benzene rings is 1. The lowest BCUT2D eigenvalue weighted by molar-refractivity contribution is -0.133. The molecule has 1 aromatic heterocycles. The van der Waals surface area contributed by atoms with Crippen LogP contribution in [-0.4, -0.2) is 26.4 Å². The molecule has 1 unspecified atom stereocenters. The van der Waals surface area contributed by atoms with Gasteiger partial charge in [-0.2, -0.15) is 0 Å². The van der Waals surface area contributed by atoms with E-state index in [1.807, 2.05) is 11.5 Å². The van der Waals surface area contributed by atoms with Gasteiger partial charge >= 0.3 is 5.97 Å². The minimum Gasteiger partial charge on any atom is -0.481 e. The Morgan fingerprint density at radius 3 is 3.05 bits per heavy atom. The van der Waals surface area contributed by atoms with Crippen LogP contribution in [-0.2, 0) is 4.79 Å². The fourth-order valence-electron chi connectivity index (χ4n) is 2.05. The number of aliphatic carboxylic acids is 1. The van der Waals surface area contributed by atoms with Gasteiger partial charge in [-0.1, -0.05) is 17.8 Å². The Kier molecular flexibility index (Phi) is 4.44. The van der Waals surface area contributed by atoms with Crippen molar-refractivity contribution < 1.29 is 14.3 Å². The highest BCUT2D eigenvalue weighted by atomic mass is 32.2. The van der Waals surface area contributed by atoms with Gasteiger partial charge in [-0.15, -0.1) is 6.58 Å². The average molecular weight is 294 g/mol. The molecule has 0 amide bonds. The highest BCUT2D eigenvalue weighted by molar-refractivity contribution is 7.99. The molecule has 20 heavy (non-hydrogen) atoms. The Bertz CT molecular complexity index is 654. The maximum absolute atomic E-state index is 13.3. The van der Waals surface area contributed by atoms with Crippen molar-refractivity contribution in [3.05, 3.63) is 36.7 Å². The second kappa shape index (κ2) is 6.09. The zero-order valence-corrected chi connectivity index (χ0v) is 11.9. The standard InChI is InChI=1S/C14H15FN2O2S/c1-3-4-9(2)17-12-6-5-10(15)7-11(12)16-14(17)20-8-13(18)19/h3,5-7,9H,1,4,8H2,2H3,(H,18,19). The van der Waals surface area contributed by atoms with Crippen molar-refractivity contribution in [2.75, 3.05) is 5.75 Å². The third-order valence-electron chi connectivity index (χ3n) is 2.89. The molecule has 0 aliphatic rings. The summed E-state index contributed by atoms with van der Waals surface area (Å²) in [5.41, 5.74) is 1.34. The summed E-state index contributed by atoms with van der Waals surface area (Å²) >= 11 is 1.14. The Morgan fingerprint density at radius 2 is 2.40 bits per heavy atom. The Morgan fingerprint density at radius 1 is 1.65 bits per heavy atom. The van der Waals surface area contributed by atoms with Gasteiger partial charge in [0.25, 0.3) is 0 Å². The molecule has 0 aliphatic heterocycles. The summed E-state index contributed by atoms with van der Waals surface area (Å²) in [5, 5.41) is 9.38. The van der Waals surface area contributed by atoms with Crippen LogP contribution in [0.1, 0.15) is 19.4 Å². The molecular formula is C14H15FN2O2S. The van der Waals surface area contributed by atoms with Crippen LogP contribution in [0.25, 0.3) is 11.0 Å². The van der Waals surface area contributed by atoms with Crippen molar-refractivity contribution in [3.8, 4) is 0 Å². The maximum Gasteiger partial charge on any atom is 0.313 e. The molecule has 0 saturated carbocycles. The highest BCUT2D eigenvalue weighted by Crippen LogP contribution is 2.29. The van der Waals surface area contributed by atoms with Crippen LogP contribution in [0, 0.1) is 5.82 Å². The molecule has 0 bridgehead atoms. The molecule has 0 radical (unpaired) electrons. The van der Waals surface area contributed by atoms with Crippen LogP contribution in [0.5, 0.6) is 0 Å². The topological polar surface area (TPSA) is 55.1 Å². The minimum atomic E-state index is -0.906. The largest absolute Gasteiger partial charge is 0.481 e. The quantitative estimate of drug-likeness (QED) is 0.654. The number of thioether (sulfide) groups is 1. The van der Waals surface area contributed by atoms with Gasteiger partial charge in [-0.25, -0.2) is 9.37 Å². The number of halogens is 1. The van der Waals surface area contributed by atoms with Crippen molar-refractivity contribution in [2.45, 2.75) is 24.5 Å². The van der Waals surface area contributed by atoms with E-state index < -0.39 is 5.97 Å². The van der Waals surface area contributed by atoms with Crippen LogP contribution in [0.2, 0.25) is 0 Å². The van der Waals surface area contributed by atoms with Crippen molar-refractivity contribution in [1.29, 1.82) is 0 Å². The molecule has 0 fully saturated rings. The summed E-state index contributed by atoms with van der Waals surface area (Å²) in [7, 11) is 0. The predicted molar refractivity (Wildman–Crippen MR) is 77.6 cm³/mol. The van der Waals surface area contributed by atoms with Crippen LogP contribution in [0.3, 0.4) is 0 Å². The van der Waals surface area contributed by atoms with E-state index in [0.717, 1.165) is 23.7 Å². The van der Waals surface area contributed by atoms with E-state index in [1.165, 1.54) is 12.1 Å². The first kappa shape index (κ1) is 14.6. The van der Waals surface area contributed by atoms with E-state index in [-0.39, 0.29) is 17.6 Å². The van der Waals surface area contributed by atoms with Gasteiger partial charge in [0, 0.05) is 12.1 Å². The third kappa shape index (κ3) is 3.01. The number of nitrogens with zero attached hydrogens (tertiary/aromatic N) is 2. The fraction of sp³-hybridized carbons (Fsp3) is 0.286. The number of aromatic nitrogens is 2. The van der Waals surface area contributed by atoms with Gasteiger partial charge in [-0.05, 0) is 25.5 Å². The number of carboxylic acids is 1. The number of imidazole rings is 1. The van der Waals surface area contributed by atoms with Gasteiger partial charge in [0.1, 0.15) is 5.82 Å². The summed E-state index contributed by atoms with van der Waals surface area (Å²) < 4.78 is 15.2. The van der Waals surface area contributed by atoms with Gasteiger partial charge in [-0.3, -0.25) is 4.79 Å². The number of carbonyl (C=O) groups is 1. The van der Waals surface area contributed by atoms with Gasteiger partial charge in [0.2, 0.25) is 0 Å². The van der Waals surface area contributed by atoms with Crippen LogP contribution < -0.4 is 0 Å². The molecule has 0 aliphatic carbocycles. The third-order valence-corrected chi connectivity index (χ3v) is 3.83. The molecule has 1 atom stereocenters. The van der Waals surface area contributed by atoms with Crippen molar-refractivity contribution in [1.82, 2.24) is 9.55 Å². The molecule has 0 spiro atoms. The molecular weight excluding hydrogens is 279 g/mol. The maximum atomic E-state index is 13.3. The lowest BCUT2D eigenvalue weighted by atomic mass is 10.2. The molecule has 1 heterocycles. The van der Waals surface area contributed by atoms with Crippen molar-refractivity contribution >= 4 is 28.8 Å². The summed E-state index contributed by atoms with van der Waals surface area (Å²) in [6, 6.07) is 4.49. The number of hydrogen-bond donors (Lipinski definition) is 1. The van der Waals surface area contributed by atoms with E-state index in [1.54, 1.807) is 12.1 Å². The molecule has 1 aromatic carbocycles. The van der Waals surface area contributed by atoms with Crippen molar-refractivity contribution in [2.24, 2.45) is 0 Å². The Hall–Kier alpha value is -1.82. The molecule has 4 nitrogen and oxygen atoms in total. The SMILES string of the molecule is C=CCC(C)n1c(SCC(=O)O)nc2cc(F)ccc21. The molecule has 2 aromatic rings. The first-order valence-electron chi connectivity index (χ1n) is 6.16. The predicted octanol–water partition coefficient (Wildman–Crippen LogP) is 3.49. The van der Waals surface area contributed by atoms with Crippen molar-refractivity contribution in [3.63, 3.8) is 0 Å². The van der Waals surface area contributed by atoms with E-state index in [2.05, 4.69) is 11.6 Å². The lowest BCUT2D eigenvalue weighted by Crippen LogP contribution is -2.07. The fourth-order valence-corrected chi connectivity index (χ4v) is 2.88. The van der Waals surface area contributed by atoms with Crippen LogP contribution in [0.4, 0.5) is 4.39 Å². The first-order valence-corrected chi connectivity index (χ1v) is 7.14. The van der Waals surface area contributed by atoms with Crippen LogP contribution >= 0.6 is 11.8 Å². The summed E-state index contributed by atoms with van der Waals surface area (Å²) in [6.45, 7) is 5.71. The minimum absolute atomic E-state index is 0.0768. The van der Waals surface area contributed by atoms with Gasteiger partial charge in [0.05, 0.1) is 16.8 Å². The molecule has 1 N–H and O–H groups in total. The molecule has 6 heteroatoms. The number of fused-ring (bicyclic) bond motifs is 1. The zero-order valence-electron chi connectivity index (χ0n) is 11.0. The number of allylic oxidation sites excluding steroid dienone is 1. The molecule has 0 saturated heterocycles. The number of hydrogen-bond acceptors (Lipinski definition) is 3. The number of carboxylic acid groups (broad SMARTS) is 1. The van der Waals surface area contributed by atoms with E-state index in [0.29, 0.717) is 10.7 Å². The van der Waals surface area contributed by atoms with E-state index in [4.69, 9.17) is 5.11 Å². The lowest BCUT2D eigenvalue weighted by Gasteiger charge is -2.15. The smallest absolute Gasteiger partial charge is 0.313 e. The molecule has 106 valence electrons. The Labute approximate surface area is 120 Å². The monoisotopic (exact) mass is 294 g/mol. The average Bonchev–Trinajstić information content (AvgIpc) is 2.74. The summed E-state index contributed by atoms with van der Waals surface area (Å²) in [4.78, 5) is 15.1. The van der Waals surface area contributed by atoms with Gasteiger partial charge in [0.15, 0.2) is 5.16 Å². The summed E-state index contributed by atoms with van der Waals surface area (Å²) in [6.07, 6.45) is 2.52. The Balaban J connectivity index is 2.49.